The molecule has 1 aliphatic rings. The predicted molar refractivity (Wildman–Crippen MR) is 70.3 cm³/mol. The average molecular weight is 258 g/mol. The second-order valence-electron chi connectivity index (χ2n) is 5.36. The summed E-state index contributed by atoms with van der Waals surface area (Å²) in [7, 11) is 0. The van der Waals surface area contributed by atoms with E-state index in [9.17, 15) is 4.79 Å². The van der Waals surface area contributed by atoms with Crippen LogP contribution in [0.1, 0.15) is 26.7 Å². The number of nitrogens with one attached hydrogen (secondary N) is 2. The summed E-state index contributed by atoms with van der Waals surface area (Å²) in [5, 5.41) is 14.8. The number of amides is 1. The number of aliphatic hydroxyl groups is 1. The molecule has 1 heterocycles. The van der Waals surface area contributed by atoms with Gasteiger partial charge in [0.15, 0.2) is 0 Å². The summed E-state index contributed by atoms with van der Waals surface area (Å²) >= 11 is 0. The third-order valence-electron chi connectivity index (χ3n) is 3.67. The summed E-state index contributed by atoms with van der Waals surface area (Å²) in [5.41, 5.74) is -0.343. The fourth-order valence-corrected chi connectivity index (χ4v) is 2.28. The molecular formula is C13H26N2O3. The SMILES string of the molecule is CC(C)(C(=O)NCCOCCO)C1CCCNC1. The van der Waals surface area contributed by atoms with Gasteiger partial charge in [0.1, 0.15) is 0 Å². The third kappa shape index (κ3) is 4.55. The molecule has 5 nitrogen and oxygen atoms in total. The number of rotatable bonds is 7. The van der Waals surface area contributed by atoms with Crippen molar-refractivity contribution < 1.29 is 14.6 Å². The zero-order chi connectivity index (χ0) is 13.4. The Balaban J connectivity index is 2.29. The molecule has 0 bridgehead atoms. The molecule has 18 heavy (non-hydrogen) atoms. The molecule has 3 N–H and O–H groups in total. The van der Waals surface area contributed by atoms with Gasteiger partial charge in [0.2, 0.25) is 5.91 Å². The Labute approximate surface area is 109 Å². The molecule has 0 aromatic heterocycles. The van der Waals surface area contributed by atoms with E-state index in [1.807, 2.05) is 13.8 Å². The number of ether oxygens (including phenoxy) is 1. The van der Waals surface area contributed by atoms with Crippen LogP contribution in [0.25, 0.3) is 0 Å². The minimum Gasteiger partial charge on any atom is -0.394 e. The zero-order valence-corrected chi connectivity index (χ0v) is 11.5. The molecule has 1 amide bonds. The molecule has 0 aromatic rings. The minimum atomic E-state index is -0.343. The van der Waals surface area contributed by atoms with Crippen LogP contribution in [0.5, 0.6) is 0 Å². The van der Waals surface area contributed by atoms with Gasteiger partial charge >= 0.3 is 0 Å². The number of piperidine rings is 1. The molecule has 1 rings (SSSR count). The highest BCUT2D eigenvalue weighted by atomic mass is 16.5. The number of carbonyl (C=O) groups excluding carboxylic acids is 1. The summed E-state index contributed by atoms with van der Waals surface area (Å²) in [6.07, 6.45) is 2.25. The molecule has 1 saturated heterocycles. The molecule has 0 spiro atoms. The molecule has 0 saturated carbocycles. The van der Waals surface area contributed by atoms with Crippen molar-refractivity contribution in [3.05, 3.63) is 0 Å². The van der Waals surface area contributed by atoms with Crippen LogP contribution in [0.15, 0.2) is 0 Å². The lowest BCUT2D eigenvalue weighted by atomic mass is 9.74. The molecule has 0 aromatic carbocycles. The first-order valence-corrected chi connectivity index (χ1v) is 6.76. The predicted octanol–water partition coefficient (Wildman–Crippen LogP) is 0.137. The first-order valence-electron chi connectivity index (χ1n) is 6.76. The third-order valence-corrected chi connectivity index (χ3v) is 3.67. The maximum absolute atomic E-state index is 12.2. The number of hydrogen-bond donors (Lipinski definition) is 3. The number of aliphatic hydroxyl groups excluding tert-OH is 1. The van der Waals surface area contributed by atoms with E-state index in [0.717, 1.165) is 25.9 Å². The smallest absolute Gasteiger partial charge is 0.226 e. The molecule has 1 atom stereocenters. The molecule has 0 aliphatic carbocycles. The van der Waals surface area contributed by atoms with E-state index in [-0.39, 0.29) is 17.9 Å². The Morgan fingerprint density at radius 1 is 1.50 bits per heavy atom. The molecule has 1 unspecified atom stereocenters. The van der Waals surface area contributed by atoms with Gasteiger partial charge in [0.25, 0.3) is 0 Å². The minimum absolute atomic E-state index is 0.0210. The van der Waals surface area contributed by atoms with Crippen LogP contribution >= 0.6 is 0 Å². The van der Waals surface area contributed by atoms with Crippen molar-refractivity contribution in [3.63, 3.8) is 0 Å². The summed E-state index contributed by atoms with van der Waals surface area (Å²) in [5.74, 6) is 0.480. The second-order valence-corrected chi connectivity index (χ2v) is 5.36. The average Bonchev–Trinajstić information content (AvgIpc) is 2.39. The lowest BCUT2D eigenvalue weighted by Gasteiger charge is -2.36. The summed E-state index contributed by atoms with van der Waals surface area (Å²) in [6.45, 7) is 7.29. The quantitative estimate of drug-likeness (QED) is 0.568. The topological polar surface area (TPSA) is 70.6 Å². The van der Waals surface area contributed by atoms with Crippen LogP contribution in [0.3, 0.4) is 0 Å². The van der Waals surface area contributed by atoms with Crippen LogP contribution < -0.4 is 10.6 Å². The second kappa shape index (κ2) is 7.71. The van der Waals surface area contributed by atoms with E-state index < -0.39 is 0 Å². The zero-order valence-electron chi connectivity index (χ0n) is 11.5. The molecule has 1 aliphatic heterocycles. The first-order chi connectivity index (χ1) is 8.59. The summed E-state index contributed by atoms with van der Waals surface area (Å²) < 4.78 is 5.11. The van der Waals surface area contributed by atoms with Crippen LogP contribution in [-0.2, 0) is 9.53 Å². The van der Waals surface area contributed by atoms with Crippen molar-refractivity contribution in [1.82, 2.24) is 10.6 Å². The van der Waals surface area contributed by atoms with Gasteiger partial charge in [-0.2, -0.15) is 0 Å². The van der Waals surface area contributed by atoms with Crippen LogP contribution in [0.4, 0.5) is 0 Å². The highest BCUT2D eigenvalue weighted by molar-refractivity contribution is 5.82. The Bertz CT molecular complexity index is 251. The van der Waals surface area contributed by atoms with Crippen molar-refractivity contribution in [2.24, 2.45) is 11.3 Å². The molecule has 106 valence electrons. The van der Waals surface area contributed by atoms with Crippen molar-refractivity contribution in [2.45, 2.75) is 26.7 Å². The van der Waals surface area contributed by atoms with Gasteiger partial charge in [-0.25, -0.2) is 0 Å². The first kappa shape index (κ1) is 15.4. The Morgan fingerprint density at radius 2 is 2.28 bits per heavy atom. The van der Waals surface area contributed by atoms with Crippen molar-refractivity contribution >= 4 is 5.91 Å². The summed E-state index contributed by atoms with van der Waals surface area (Å²) in [4.78, 5) is 12.2. The maximum atomic E-state index is 12.2. The molecular weight excluding hydrogens is 232 g/mol. The van der Waals surface area contributed by atoms with Gasteiger partial charge in [-0.05, 0) is 31.8 Å². The molecule has 5 heteroatoms. The fraction of sp³-hybridized carbons (Fsp3) is 0.923. The van der Waals surface area contributed by atoms with E-state index in [2.05, 4.69) is 10.6 Å². The lowest BCUT2D eigenvalue weighted by molar-refractivity contribution is -0.132. The monoisotopic (exact) mass is 258 g/mol. The van der Waals surface area contributed by atoms with Crippen LogP contribution in [0.2, 0.25) is 0 Å². The molecule has 1 fully saturated rings. The Morgan fingerprint density at radius 3 is 2.89 bits per heavy atom. The standard InChI is InChI=1S/C13H26N2O3/c1-13(2,11-4-3-5-14-10-11)12(17)15-6-8-18-9-7-16/h11,14,16H,3-10H2,1-2H3,(H,15,17). The van der Waals surface area contributed by atoms with Gasteiger partial charge in [-0.15, -0.1) is 0 Å². The van der Waals surface area contributed by atoms with Gasteiger partial charge in [-0.1, -0.05) is 13.8 Å². The fourth-order valence-electron chi connectivity index (χ4n) is 2.28. The van der Waals surface area contributed by atoms with Crippen molar-refractivity contribution in [3.8, 4) is 0 Å². The number of hydrogen-bond acceptors (Lipinski definition) is 4. The highest BCUT2D eigenvalue weighted by Crippen LogP contribution is 2.31. The summed E-state index contributed by atoms with van der Waals surface area (Å²) in [6, 6.07) is 0. The largest absolute Gasteiger partial charge is 0.394 e. The Kier molecular flexibility index (Phi) is 6.60. The van der Waals surface area contributed by atoms with Gasteiger partial charge in [0.05, 0.1) is 19.8 Å². The van der Waals surface area contributed by atoms with Gasteiger partial charge in [-0.3, -0.25) is 4.79 Å². The molecule has 0 radical (unpaired) electrons. The van der Waals surface area contributed by atoms with Crippen LogP contribution in [-0.4, -0.2) is 50.5 Å². The van der Waals surface area contributed by atoms with E-state index in [0.29, 0.717) is 25.7 Å². The van der Waals surface area contributed by atoms with E-state index in [1.165, 1.54) is 0 Å². The number of carbonyl (C=O) groups is 1. The normalized spacial score (nSPS) is 20.7. The maximum Gasteiger partial charge on any atom is 0.226 e. The van der Waals surface area contributed by atoms with Gasteiger partial charge in [0, 0.05) is 12.0 Å². The lowest BCUT2D eigenvalue weighted by Crippen LogP contribution is -2.47. The van der Waals surface area contributed by atoms with Gasteiger partial charge < -0.3 is 20.5 Å². The van der Waals surface area contributed by atoms with E-state index >= 15 is 0 Å². The van der Waals surface area contributed by atoms with E-state index in [1.54, 1.807) is 0 Å². The van der Waals surface area contributed by atoms with Crippen molar-refractivity contribution in [2.75, 3.05) is 39.5 Å². The van der Waals surface area contributed by atoms with Crippen molar-refractivity contribution in [1.29, 1.82) is 0 Å². The Hall–Kier alpha value is -0.650. The van der Waals surface area contributed by atoms with E-state index in [4.69, 9.17) is 9.84 Å². The highest BCUT2D eigenvalue weighted by Gasteiger charge is 2.36. The van der Waals surface area contributed by atoms with Crippen LogP contribution in [0, 0.1) is 11.3 Å².